The summed E-state index contributed by atoms with van der Waals surface area (Å²) in [4.78, 5) is 11.4. The fourth-order valence-corrected chi connectivity index (χ4v) is 0.965. The topological polar surface area (TPSA) is 38.3 Å². The van der Waals surface area contributed by atoms with Crippen molar-refractivity contribution < 1.29 is 9.53 Å². The van der Waals surface area contributed by atoms with E-state index in [4.69, 9.17) is 4.74 Å². The lowest BCUT2D eigenvalue weighted by atomic mass is 10.2. The second-order valence-corrected chi connectivity index (χ2v) is 3.23. The molecular formula is C11H15NO2. The maximum absolute atomic E-state index is 11.4. The van der Waals surface area contributed by atoms with Gasteiger partial charge in [-0.05, 0) is 26.0 Å². The molecule has 1 aromatic rings. The minimum atomic E-state index is -0.105. The standard InChI is InChI=1S/C11H15NO2/c1-9(2)14-8-12-11(13)10-6-4-3-5-7-10/h3-7,9H,8H2,1-2H3,(H,12,13). The molecule has 14 heavy (non-hydrogen) atoms. The molecule has 76 valence electrons. The second kappa shape index (κ2) is 5.40. The van der Waals surface area contributed by atoms with Crippen molar-refractivity contribution in [2.45, 2.75) is 20.0 Å². The molecule has 0 radical (unpaired) electrons. The lowest BCUT2D eigenvalue weighted by Crippen LogP contribution is -2.27. The van der Waals surface area contributed by atoms with Gasteiger partial charge in [0.1, 0.15) is 6.73 Å². The fraction of sp³-hybridized carbons (Fsp3) is 0.364. The number of hydrogen-bond donors (Lipinski definition) is 1. The molecule has 0 aliphatic rings. The normalized spacial score (nSPS) is 10.2. The number of carbonyl (C=O) groups is 1. The smallest absolute Gasteiger partial charge is 0.253 e. The van der Waals surface area contributed by atoms with Crippen LogP contribution in [-0.4, -0.2) is 18.7 Å². The molecule has 1 aromatic carbocycles. The van der Waals surface area contributed by atoms with Crippen molar-refractivity contribution in [1.82, 2.24) is 5.32 Å². The van der Waals surface area contributed by atoms with E-state index in [-0.39, 0.29) is 18.7 Å². The van der Waals surface area contributed by atoms with E-state index in [1.54, 1.807) is 12.1 Å². The molecule has 3 nitrogen and oxygen atoms in total. The van der Waals surface area contributed by atoms with Gasteiger partial charge in [-0.15, -0.1) is 0 Å². The average Bonchev–Trinajstić information content (AvgIpc) is 2.18. The van der Waals surface area contributed by atoms with E-state index < -0.39 is 0 Å². The van der Waals surface area contributed by atoms with E-state index in [2.05, 4.69) is 5.32 Å². The molecule has 0 bridgehead atoms. The molecule has 0 fully saturated rings. The Hall–Kier alpha value is -1.35. The molecule has 0 aliphatic carbocycles. The van der Waals surface area contributed by atoms with Gasteiger partial charge in [-0.2, -0.15) is 0 Å². The largest absolute Gasteiger partial charge is 0.359 e. The first-order valence-corrected chi connectivity index (χ1v) is 4.65. The third-order valence-electron chi connectivity index (χ3n) is 1.69. The summed E-state index contributed by atoms with van der Waals surface area (Å²) >= 11 is 0. The first-order valence-electron chi connectivity index (χ1n) is 4.65. The Morgan fingerprint density at radius 1 is 1.36 bits per heavy atom. The molecule has 0 spiro atoms. The van der Waals surface area contributed by atoms with E-state index in [9.17, 15) is 4.79 Å². The summed E-state index contributed by atoms with van der Waals surface area (Å²) in [7, 11) is 0. The van der Waals surface area contributed by atoms with E-state index in [0.717, 1.165) is 0 Å². The van der Waals surface area contributed by atoms with E-state index in [0.29, 0.717) is 5.56 Å². The zero-order valence-corrected chi connectivity index (χ0v) is 8.49. The predicted octanol–water partition coefficient (Wildman–Crippen LogP) is 1.80. The number of hydrogen-bond acceptors (Lipinski definition) is 2. The average molecular weight is 193 g/mol. The molecule has 0 saturated heterocycles. The quantitative estimate of drug-likeness (QED) is 0.740. The van der Waals surface area contributed by atoms with Gasteiger partial charge in [-0.1, -0.05) is 18.2 Å². The Kier molecular flexibility index (Phi) is 4.13. The van der Waals surface area contributed by atoms with E-state index in [1.165, 1.54) is 0 Å². The molecule has 3 heteroatoms. The van der Waals surface area contributed by atoms with Gasteiger partial charge in [0.25, 0.3) is 5.91 Å². The Labute approximate surface area is 84.1 Å². The molecule has 1 rings (SSSR count). The fourth-order valence-electron chi connectivity index (χ4n) is 0.965. The van der Waals surface area contributed by atoms with Crippen molar-refractivity contribution in [3.05, 3.63) is 35.9 Å². The van der Waals surface area contributed by atoms with E-state index >= 15 is 0 Å². The van der Waals surface area contributed by atoms with Gasteiger partial charge in [-0.3, -0.25) is 4.79 Å². The van der Waals surface area contributed by atoms with Crippen molar-refractivity contribution in [1.29, 1.82) is 0 Å². The van der Waals surface area contributed by atoms with Crippen LogP contribution in [0.25, 0.3) is 0 Å². The van der Waals surface area contributed by atoms with Gasteiger partial charge in [0.2, 0.25) is 0 Å². The third kappa shape index (κ3) is 3.58. The summed E-state index contributed by atoms with van der Waals surface area (Å²) in [5.41, 5.74) is 0.653. The van der Waals surface area contributed by atoms with Crippen LogP contribution in [0.2, 0.25) is 0 Å². The molecule has 1 amide bonds. The molecule has 0 atom stereocenters. The predicted molar refractivity (Wildman–Crippen MR) is 55.0 cm³/mol. The molecule has 0 aromatic heterocycles. The number of carbonyl (C=O) groups excluding carboxylic acids is 1. The van der Waals surface area contributed by atoms with Gasteiger partial charge >= 0.3 is 0 Å². The summed E-state index contributed by atoms with van der Waals surface area (Å²) in [6, 6.07) is 9.08. The zero-order chi connectivity index (χ0) is 10.4. The first kappa shape index (κ1) is 10.7. The molecule has 0 aliphatic heterocycles. The monoisotopic (exact) mass is 193 g/mol. The Morgan fingerprint density at radius 2 is 2.00 bits per heavy atom. The van der Waals surface area contributed by atoms with Gasteiger partial charge in [0, 0.05) is 5.56 Å². The number of ether oxygens (including phenoxy) is 1. The van der Waals surface area contributed by atoms with Crippen LogP contribution >= 0.6 is 0 Å². The summed E-state index contributed by atoms with van der Waals surface area (Å²) in [6.45, 7) is 4.11. The van der Waals surface area contributed by atoms with Crippen molar-refractivity contribution in [2.24, 2.45) is 0 Å². The molecule has 0 saturated carbocycles. The molecule has 0 unspecified atom stereocenters. The van der Waals surface area contributed by atoms with Crippen molar-refractivity contribution >= 4 is 5.91 Å². The number of amides is 1. The highest BCUT2D eigenvalue weighted by Gasteiger charge is 2.02. The second-order valence-electron chi connectivity index (χ2n) is 3.23. The van der Waals surface area contributed by atoms with Gasteiger partial charge in [-0.25, -0.2) is 0 Å². The lowest BCUT2D eigenvalue weighted by molar-refractivity contribution is 0.0561. The van der Waals surface area contributed by atoms with Crippen molar-refractivity contribution in [2.75, 3.05) is 6.73 Å². The van der Waals surface area contributed by atoms with Gasteiger partial charge < -0.3 is 10.1 Å². The van der Waals surface area contributed by atoms with Crippen LogP contribution in [0.15, 0.2) is 30.3 Å². The van der Waals surface area contributed by atoms with Crippen LogP contribution in [0.1, 0.15) is 24.2 Å². The summed E-state index contributed by atoms with van der Waals surface area (Å²) in [5.74, 6) is -0.105. The highest BCUT2D eigenvalue weighted by molar-refractivity contribution is 5.93. The number of nitrogens with one attached hydrogen (secondary N) is 1. The Bertz CT molecular complexity index is 283. The SMILES string of the molecule is CC(C)OCNC(=O)c1ccccc1. The van der Waals surface area contributed by atoms with Crippen molar-refractivity contribution in [3.8, 4) is 0 Å². The lowest BCUT2D eigenvalue weighted by Gasteiger charge is -2.08. The Morgan fingerprint density at radius 3 is 2.57 bits per heavy atom. The summed E-state index contributed by atoms with van der Waals surface area (Å²) in [5, 5.41) is 2.67. The van der Waals surface area contributed by atoms with Crippen LogP contribution in [-0.2, 0) is 4.74 Å². The number of benzene rings is 1. The molecule has 1 N–H and O–H groups in total. The van der Waals surface area contributed by atoms with Crippen LogP contribution in [0.5, 0.6) is 0 Å². The van der Waals surface area contributed by atoms with Crippen molar-refractivity contribution in [3.63, 3.8) is 0 Å². The molecule has 0 heterocycles. The molecular weight excluding hydrogens is 178 g/mol. The maximum atomic E-state index is 11.4. The maximum Gasteiger partial charge on any atom is 0.253 e. The summed E-state index contributed by atoms with van der Waals surface area (Å²) in [6.07, 6.45) is 0.131. The Balaban J connectivity index is 2.36. The van der Waals surface area contributed by atoms with Crippen LogP contribution < -0.4 is 5.32 Å². The van der Waals surface area contributed by atoms with Crippen LogP contribution in [0.4, 0.5) is 0 Å². The minimum absolute atomic E-state index is 0.105. The number of rotatable bonds is 4. The van der Waals surface area contributed by atoms with Gasteiger partial charge in [0.05, 0.1) is 6.10 Å². The zero-order valence-electron chi connectivity index (χ0n) is 8.49. The van der Waals surface area contributed by atoms with Crippen LogP contribution in [0, 0.1) is 0 Å². The van der Waals surface area contributed by atoms with Crippen LogP contribution in [0.3, 0.4) is 0 Å². The third-order valence-corrected chi connectivity index (χ3v) is 1.69. The first-order chi connectivity index (χ1) is 6.70. The van der Waals surface area contributed by atoms with Gasteiger partial charge in [0.15, 0.2) is 0 Å². The van der Waals surface area contributed by atoms with E-state index in [1.807, 2.05) is 32.0 Å². The highest BCUT2D eigenvalue weighted by atomic mass is 16.5. The summed E-state index contributed by atoms with van der Waals surface area (Å²) < 4.78 is 5.20. The minimum Gasteiger partial charge on any atom is -0.359 e. The highest BCUT2D eigenvalue weighted by Crippen LogP contribution is 1.97.